The van der Waals surface area contributed by atoms with E-state index in [9.17, 15) is 4.79 Å². The van der Waals surface area contributed by atoms with Crippen LogP contribution >= 0.6 is 39.0 Å². The fourth-order valence-corrected chi connectivity index (χ4v) is 4.56. The summed E-state index contributed by atoms with van der Waals surface area (Å²) in [5, 5.41) is 13.1. The number of nitrogens with one attached hydrogen (secondary N) is 1. The molecule has 0 aliphatic heterocycles. The van der Waals surface area contributed by atoms with Gasteiger partial charge in [-0.3, -0.25) is 9.36 Å². The lowest BCUT2D eigenvalue weighted by Gasteiger charge is -2.06. The van der Waals surface area contributed by atoms with Gasteiger partial charge in [-0.1, -0.05) is 69.4 Å². The normalized spacial score (nSPS) is 10.8. The largest absolute Gasteiger partial charge is 0.346 e. The fraction of sp³-hybridized carbons (Fsp3) is 0.100. The van der Waals surface area contributed by atoms with Crippen molar-refractivity contribution in [3.8, 4) is 5.69 Å². The third kappa shape index (κ3) is 5.11. The van der Waals surface area contributed by atoms with Gasteiger partial charge >= 0.3 is 0 Å². The van der Waals surface area contributed by atoms with Crippen LogP contribution in [0.15, 0.2) is 76.6 Å². The van der Waals surface area contributed by atoms with E-state index in [4.69, 9.17) is 0 Å². The molecule has 0 spiro atoms. The molecule has 6 nitrogen and oxygen atoms in total. The molecule has 0 radical (unpaired) electrons. The molecule has 0 fully saturated rings. The lowest BCUT2D eigenvalue weighted by molar-refractivity contribution is 0.0950. The van der Waals surface area contributed by atoms with Crippen LogP contribution in [0.4, 0.5) is 0 Å². The van der Waals surface area contributed by atoms with E-state index >= 15 is 0 Å². The predicted molar refractivity (Wildman–Crippen MR) is 118 cm³/mol. The van der Waals surface area contributed by atoms with Gasteiger partial charge in [-0.15, -0.1) is 10.2 Å². The quantitative estimate of drug-likeness (QED) is 0.383. The number of halogens is 1. The molecule has 0 aliphatic carbocycles. The average Bonchev–Trinajstić information content (AvgIpc) is 3.41. The molecule has 0 aliphatic rings. The number of carbonyl (C=O) groups is 1. The highest BCUT2D eigenvalue weighted by atomic mass is 79.9. The van der Waals surface area contributed by atoms with Gasteiger partial charge in [0.15, 0.2) is 5.16 Å². The smallest absolute Gasteiger partial charge is 0.282 e. The minimum absolute atomic E-state index is 0.209. The van der Waals surface area contributed by atoms with E-state index in [0.717, 1.165) is 25.9 Å². The van der Waals surface area contributed by atoms with E-state index in [1.807, 2.05) is 65.4 Å². The molecule has 29 heavy (non-hydrogen) atoms. The Morgan fingerprint density at radius 3 is 2.69 bits per heavy atom. The first-order valence-electron chi connectivity index (χ1n) is 8.75. The summed E-state index contributed by atoms with van der Waals surface area (Å²) < 4.78 is 3.05. The number of hydrogen-bond donors (Lipinski definition) is 1. The van der Waals surface area contributed by atoms with E-state index in [-0.39, 0.29) is 5.91 Å². The van der Waals surface area contributed by atoms with Crippen LogP contribution in [0.25, 0.3) is 5.69 Å². The van der Waals surface area contributed by atoms with E-state index in [1.54, 1.807) is 18.0 Å². The van der Waals surface area contributed by atoms with Crippen LogP contribution in [0.2, 0.25) is 0 Å². The van der Waals surface area contributed by atoms with Crippen LogP contribution < -0.4 is 5.32 Å². The van der Waals surface area contributed by atoms with Gasteiger partial charge in [0.05, 0.1) is 5.75 Å². The first-order chi connectivity index (χ1) is 14.2. The van der Waals surface area contributed by atoms with Gasteiger partial charge in [-0.25, -0.2) is 4.98 Å². The van der Waals surface area contributed by atoms with Crippen molar-refractivity contribution in [1.82, 2.24) is 25.1 Å². The van der Waals surface area contributed by atoms with Crippen LogP contribution in [0.1, 0.15) is 20.4 Å². The molecular weight excluding hydrogens is 470 g/mol. The lowest BCUT2D eigenvalue weighted by Crippen LogP contribution is -2.22. The number of benzene rings is 2. The number of carbonyl (C=O) groups excluding carboxylic acids is 1. The zero-order valence-electron chi connectivity index (χ0n) is 15.2. The van der Waals surface area contributed by atoms with Crippen molar-refractivity contribution in [2.24, 2.45) is 0 Å². The summed E-state index contributed by atoms with van der Waals surface area (Å²) in [4.78, 5) is 16.7. The summed E-state index contributed by atoms with van der Waals surface area (Å²) in [7, 11) is 0. The molecular formula is C20H16BrN5OS2. The first kappa shape index (κ1) is 19.8. The molecule has 2 heterocycles. The van der Waals surface area contributed by atoms with Crippen molar-refractivity contribution in [3.63, 3.8) is 0 Å². The Hall–Kier alpha value is -2.49. The minimum atomic E-state index is -0.209. The van der Waals surface area contributed by atoms with Gasteiger partial charge in [-0.05, 0) is 29.8 Å². The molecule has 2 aromatic carbocycles. The Balaban J connectivity index is 1.36. The first-order valence-corrected chi connectivity index (χ1v) is 11.3. The average molecular weight is 486 g/mol. The Kier molecular flexibility index (Phi) is 6.38. The van der Waals surface area contributed by atoms with Crippen LogP contribution in [0.3, 0.4) is 0 Å². The summed E-state index contributed by atoms with van der Waals surface area (Å²) in [6, 6.07) is 17.8. The third-order valence-corrected chi connectivity index (χ3v) is 6.60. The summed E-state index contributed by atoms with van der Waals surface area (Å²) in [6.07, 6.45) is 3.70. The molecule has 0 atom stereocenters. The highest BCUT2D eigenvalue weighted by Crippen LogP contribution is 2.26. The number of thioether (sulfide) groups is 1. The summed E-state index contributed by atoms with van der Waals surface area (Å²) in [5.41, 5.74) is 2.08. The van der Waals surface area contributed by atoms with Crippen molar-refractivity contribution in [3.05, 3.63) is 87.0 Å². The number of hydrogen-bond acceptors (Lipinski definition) is 6. The number of aromatic nitrogens is 4. The Labute approximate surface area is 184 Å². The second kappa shape index (κ2) is 9.34. The monoisotopic (exact) mass is 485 g/mol. The maximum Gasteiger partial charge on any atom is 0.282 e. The summed E-state index contributed by atoms with van der Waals surface area (Å²) >= 11 is 6.31. The van der Waals surface area contributed by atoms with E-state index in [2.05, 4.69) is 36.4 Å². The lowest BCUT2D eigenvalue weighted by atomic mass is 10.2. The highest BCUT2D eigenvalue weighted by Gasteiger charge is 2.14. The summed E-state index contributed by atoms with van der Waals surface area (Å²) in [5.74, 6) is 0.385. The molecule has 146 valence electrons. The van der Waals surface area contributed by atoms with Gasteiger partial charge in [0.2, 0.25) is 5.01 Å². The minimum Gasteiger partial charge on any atom is -0.346 e. The van der Waals surface area contributed by atoms with E-state index in [1.165, 1.54) is 11.3 Å². The molecule has 0 saturated heterocycles. The fourth-order valence-electron chi connectivity index (χ4n) is 2.58. The zero-order chi connectivity index (χ0) is 20.1. The van der Waals surface area contributed by atoms with Gasteiger partial charge in [-0.2, -0.15) is 0 Å². The molecule has 2 aromatic heterocycles. The predicted octanol–water partition coefficient (Wildman–Crippen LogP) is 4.71. The van der Waals surface area contributed by atoms with Crippen LogP contribution in [-0.4, -0.2) is 25.7 Å². The zero-order valence-corrected chi connectivity index (χ0v) is 18.4. The van der Waals surface area contributed by atoms with Crippen molar-refractivity contribution in [2.45, 2.75) is 17.5 Å². The Morgan fingerprint density at radius 2 is 1.90 bits per heavy atom. The molecule has 1 N–H and O–H groups in total. The van der Waals surface area contributed by atoms with E-state index in [0.29, 0.717) is 17.3 Å². The number of amides is 1. The van der Waals surface area contributed by atoms with Gasteiger partial charge in [0.25, 0.3) is 5.91 Å². The number of nitrogens with zero attached hydrogens (tertiary/aromatic N) is 4. The number of imidazole rings is 1. The third-order valence-electron chi connectivity index (χ3n) is 3.99. The molecule has 9 heteroatoms. The van der Waals surface area contributed by atoms with Gasteiger partial charge < -0.3 is 5.32 Å². The van der Waals surface area contributed by atoms with Crippen molar-refractivity contribution < 1.29 is 4.79 Å². The molecule has 0 bridgehead atoms. The maximum atomic E-state index is 12.3. The van der Waals surface area contributed by atoms with Gasteiger partial charge in [0.1, 0.15) is 5.01 Å². The van der Waals surface area contributed by atoms with Crippen molar-refractivity contribution in [1.29, 1.82) is 0 Å². The van der Waals surface area contributed by atoms with Crippen LogP contribution in [-0.2, 0) is 12.3 Å². The Bertz CT molecular complexity index is 1100. The second-order valence-electron chi connectivity index (χ2n) is 6.01. The van der Waals surface area contributed by atoms with Crippen LogP contribution in [0.5, 0.6) is 0 Å². The van der Waals surface area contributed by atoms with Crippen molar-refractivity contribution in [2.75, 3.05) is 0 Å². The van der Waals surface area contributed by atoms with Crippen molar-refractivity contribution >= 4 is 44.9 Å². The molecule has 1 amide bonds. The second-order valence-corrected chi connectivity index (χ2v) is 8.93. The highest BCUT2D eigenvalue weighted by molar-refractivity contribution is 9.10. The number of rotatable bonds is 7. The SMILES string of the molecule is O=C(NCc1ccccc1)c1nnc(CSc2nccn2-c2ccc(Br)cc2)s1. The standard InChI is InChI=1S/C20H16BrN5OS2/c21-15-6-8-16(9-7-15)26-11-10-22-20(26)28-13-17-24-25-19(29-17)18(27)23-12-14-4-2-1-3-5-14/h1-11H,12-13H2,(H,23,27). The summed E-state index contributed by atoms with van der Waals surface area (Å²) in [6.45, 7) is 0.466. The molecule has 4 aromatic rings. The van der Waals surface area contributed by atoms with Gasteiger partial charge in [0, 0.05) is 29.1 Å². The molecule has 0 unspecified atom stereocenters. The molecule has 0 saturated carbocycles. The topological polar surface area (TPSA) is 72.7 Å². The van der Waals surface area contributed by atoms with Crippen LogP contribution in [0, 0.1) is 0 Å². The Morgan fingerprint density at radius 1 is 1.10 bits per heavy atom. The molecule has 4 rings (SSSR count). The van der Waals surface area contributed by atoms with E-state index < -0.39 is 0 Å². The maximum absolute atomic E-state index is 12.3.